The SMILES string of the molecule is C=C(C)C(=O)O[Si](OC(=O)C(=C)C)(OC(=O)C(=C)C)c1ccccc1. The van der Waals surface area contributed by atoms with Crippen LogP contribution in [0.15, 0.2) is 66.8 Å². The Morgan fingerprint density at radius 2 is 1.04 bits per heavy atom. The van der Waals surface area contributed by atoms with Crippen LogP contribution in [-0.4, -0.2) is 26.7 Å². The van der Waals surface area contributed by atoms with Gasteiger partial charge in [-0.3, -0.25) is 0 Å². The molecule has 1 rings (SSSR count). The minimum absolute atomic E-state index is 0.0607. The van der Waals surface area contributed by atoms with Crippen molar-refractivity contribution >= 4 is 31.9 Å². The third-order valence-electron chi connectivity index (χ3n) is 2.85. The van der Waals surface area contributed by atoms with E-state index in [0.717, 1.165) is 0 Å². The molecule has 0 radical (unpaired) electrons. The highest BCUT2D eigenvalue weighted by molar-refractivity contribution is 6.79. The van der Waals surface area contributed by atoms with Gasteiger partial charge < -0.3 is 13.3 Å². The molecule has 0 saturated carbocycles. The van der Waals surface area contributed by atoms with E-state index >= 15 is 0 Å². The molecule has 0 aromatic heterocycles. The van der Waals surface area contributed by atoms with Crippen LogP contribution in [0.4, 0.5) is 0 Å². The Labute approximate surface area is 147 Å². The first-order chi connectivity index (χ1) is 11.6. The van der Waals surface area contributed by atoms with Crippen LogP contribution in [-0.2, 0) is 27.7 Å². The van der Waals surface area contributed by atoms with Gasteiger partial charge in [0.25, 0.3) is 0 Å². The van der Waals surface area contributed by atoms with Gasteiger partial charge >= 0.3 is 26.7 Å². The van der Waals surface area contributed by atoms with Gasteiger partial charge in [-0.25, -0.2) is 14.4 Å². The molecule has 0 fully saturated rings. The molecule has 6 nitrogen and oxygen atoms in total. The number of hydrogen-bond donors (Lipinski definition) is 0. The topological polar surface area (TPSA) is 78.9 Å². The lowest BCUT2D eigenvalue weighted by Gasteiger charge is -2.27. The number of rotatable bonds is 7. The molecule has 0 N–H and O–H groups in total. The summed E-state index contributed by atoms with van der Waals surface area (Å²) < 4.78 is 16.1. The Hall–Kier alpha value is -2.93. The lowest BCUT2D eigenvalue weighted by atomic mass is 10.4. The summed E-state index contributed by atoms with van der Waals surface area (Å²) in [6.45, 7) is 14.8. The van der Waals surface area contributed by atoms with Crippen LogP contribution in [0.1, 0.15) is 20.8 Å². The van der Waals surface area contributed by atoms with E-state index < -0.39 is 26.7 Å². The number of benzene rings is 1. The van der Waals surface area contributed by atoms with Gasteiger partial charge in [0.15, 0.2) is 0 Å². The molecule has 1 aromatic rings. The fourth-order valence-corrected chi connectivity index (χ4v) is 3.84. The highest BCUT2D eigenvalue weighted by Gasteiger charge is 2.56. The summed E-state index contributed by atoms with van der Waals surface area (Å²) in [7, 11) is -4.28. The van der Waals surface area contributed by atoms with Gasteiger partial charge in [0, 0.05) is 16.7 Å². The summed E-state index contributed by atoms with van der Waals surface area (Å²) in [6.07, 6.45) is 0. The van der Waals surface area contributed by atoms with Gasteiger partial charge in [-0.1, -0.05) is 50.1 Å². The maximum atomic E-state index is 12.1. The van der Waals surface area contributed by atoms with E-state index in [1.807, 2.05) is 0 Å². The lowest BCUT2D eigenvalue weighted by molar-refractivity contribution is -0.144. The zero-order valence-corrected chi connectivity index (χ0v) is 15.5. The Bertz CT molecular complexity index is 666. The Morgan fingerprint density at radius 3 is 1.32 bits per heavy atom. The van der Waals surface area contributed by atoms with Crippen LogP contribution in [0, 0.1) is 0 Å². The zero-order valence-electron chi connectivity index (χ0n) is 14.5. The molecular formula is C18H20O6Si. The van der Waals surface area contributed by atoms with Gasteiger partial charge in [0.1, 0.15) is 0 Å². The molecule has 0 atom stereocenters. The van der Waals surface area contributed by atoms with Crippen LogP contribution in [0.5, 0.6) is 0 Å². The lowest BCUT2D eigenvalue weighted by Crippen LogP contribution is -2.60. The van der Waals surface area contributed by atoms with E-state index in [0.29, 0.717) is 0 Å². The second-order valence-electron chi connectivity index (χ2n) is 5.43. The van der Waals surface area contributed by atoms with E-state index in [4.69, 9.17) is 13.3 Å². The normalized spacial score (nSPS) is 10.4. The van der Waals surface area contributed by atoms with Crippen molar-refractivity contribution in [3.8, 4) is 0 Å². The Balaban J connectivity index is 3.49. The highest BCUT2D eigenvalue weighted by Crippen LogP contribution is 2.17. The van der Waals surface area contributed by atoms with Crippen molar-refractivity contribution in [3.63, 3.8) is 0 Å². The van der Waals surface area contributed by atoms with Crippen molar-refractivity contribution in [3.05, 3.63) is 66.8 Å². The average molecular weight is 360 g/mol. The van der Waals surface area contributed by atoms with Crippen LogP contribution in [0.25, 0.3) is 0 Å². The van der Waals surface area contributed by atoms with E-state index in [2.05, 4.69) is 19.7 Å². The van der Waals surface area contributed by atoms with Gasteiger partial charge in [-0.2, -0.15) is 0 Å². The molecule has 7 heteroatoms. The molecule has 0 bridgehead atoms. The summed E-state index contributed by atoms with van der Waals surface area (Å²) in [5.41, 5.74) is 0.182. The van der Waals surface area contributed by atoms with Crippen molar-refractivity contribution in [1.82, 2.24) is 0 Å². The van der Waals surface area contributed by atoms with Crippen molar-refractivity contribution in [2.24, 2.45) is 0 Å². The molecule has 0 aliphatic rings. The predicted octanol–water partition coefficient (Wildman–Crippen LogP) is 2.19. The van der Waals surface area contributed by atoms with Crippen molar-refractivity contribution in [2.75, 3.05) is 0 Å². The minimum Gasteiger partial charge on any atom is -0.448 e. The van der Waals surface area contributed by atoms with Crippen molar-refractivity contribution in [2.45, 2.75) is 20.8 Å². The molecule has 132 valence electrons. The van der Waals surface area contributed by atoms with Crippen LogP contribution >= 0.6 is 0 Å². The van der Waals surface area contributed by atoms with E-state index in [1.165, 1.54) is 32.9 Å². The molecule has 0 saturated heterocycles. The van der Waals surface area contributed by atoms with E-state index in [-0.39, 0.29) is 21.9 Å². The zero-order chi connectivity index (χ0) is 19.2. The second-order valence-corrected chi connectivity index (χ2v) is 7.73. The summed E-state index contributed by atoms with van der Waals surface area (Å²) in [5.74, 6) is -2.54. The van der Waals surface area contributed by atoms with E-state index in [9.17, 15) is 14.4 Å². The van der Waals surface area contributed by atoms with Gasteiger partial charge in [0.2, 0.25) is 0 Å². The fraction of sp³-hybridized carbons (Fsp3) is 0.167. The third-order valence-corrected chi connectivity index (χ3v) is 5.26. The van der Waals surface area contributed by atoms with Crippen LogP contribution < -0.4 is 5.19 Å². The summed E-state index contributed by atoms with van der Waals surface area (Å²) in [5, 5.41) is 0.258. The number of carbonyl (C=O) groups is 3. The van der Waals surface area contributed by atoms with Gasteiger partial charge in [0.05, 0.1) is 5.19 Å². The molecule has 0 heterocycles. The van der Waals surface area contributed by atoms with Crippen molar-refractivity contribution < 1.29 is 27.7 Å². The number of hydrogen-bond acceptors (Lipinski definition) is 6. The molecule has 0 aliphatic heterocycles. The summed E-state index contributed by atoms with van der Waals surface area (Å²) in [6, 6.07) is 8.05. The first-order valence-corrected chi connectivity index (χ1v) is 9.03. The van der Waals surface area contributed by atoms with E-state index in [1.54, 1.807) is 18.2 Å². The molecule has 0 amide bonds. The molecule has 25 heavy (non-hydrogen) atoms. The summed E-state index contributed by atoms with van der Waals surface area (Å²) >= 11 is 0. The van der Waals surface area contributed by atoms with Crippen LogP contribution in [0.2, 0.25) is 0 Å². The average Bonchev–Trinajstić information content (AvgIpc) is 2.54. The first-order valence-electron chi connectivity index (χ1n) is 7.31. The minimum atomic E-state index is -4.28. The molecule has 0 aliphatic carbocycles. The highest BCUT2D eigenvalue weighted by atomic mass is 28.4. The maximum absolute atomic E-state index is 12.1. The van der Waals surface area contributed by atoms with Crippen molar-refractivity contribution in [1.29, 1.82) is 0 Å². The maximum Gasteiger partial charge on any atom is 0.743 e. The Kier molecular flexibility index (Phi) is 6.64. The molecule has 0 unspecified atom stereocenters. The second kappa shape index (κ2) is 8.25. The quantitative estimate of drug-likeness (QED) is 0.548. The standard InChI is InChI=1S/C18H20O6Si/c1-12(2)16(19)22-25(23-17(20)13(3)4,24-18(21)14(5)6)15-10-8-7-9-11-15/h7-11H,1,3,5H2,2,4,6H3. The summed E-state index contributed by atoms with van der Waals surface area (Å²) in [4.78, 5) is 36.4. The first kappa shape index (κ1) is 20.1. The monoisotopic (exact) mass is 360 g/mol. The molecular weight excluding hydrogens is 340 g/mol. The smallest absolute Gasteiger partial charge is 0.448 e. The van der Waals surface area contributed by atoms with Gasteiger partial charge in [-0.15, -0.1) is 0 Å². The molecule has 0 spiro atoms. The van der Waals surface area contributed by atoms with Crippen LogP contribution in [0.3, 0.4) is 0 Å². The molecule has 1 aromatic carbocycles. The third kappa shape index (κ3) is 5.29. The number of carbonyl (C=O) groups excluding carboxylic acids is 3. The Morgan fingerprint density at radius 1 is 0.720 bits per heavy atom. The predicted molar refractivity (Wildman–Crippen MR) is 94.5 cm³/mol. The largest absolute Gasteiger partial charge is 0.743 e. The van der Waals surface area contributed by atoms with Gasteiger partial charge in [-0.05, 0) is 20.8 Å². The fourth-order valence-electron chi connectivity index (χ4n) is 1.51.